The number of esters is 1. The molecule has 0 atom stereocenters. The van der Waals surface area contributed by atoms with Gasteiger partial charge in [0.1, 0.15) is 11.4 Å². The molecule has 0 unspecified atom stereocenters. The number of azo groups is 1. The minimum absolute atomic E-state index is 0.0715. The van der Waals surface area contributed by atoms with Crippen molar-refractivity contribution in [2.24, 2.45) is 10.2 Å². The number of fused-ring (bicyclic) bond motifs is 1. The third-order valence-electron chi connectivity index (χ3n) is 4.55. The number of ether oxygens (including phenoxy) is 2. The van der Waals surface area contributed by atoms with E-state index in [-0.39, 0.29) is 18.0 Å². The molecule has 36 heavy (non-hydrogen) atoms. The van der Waals surface area contributed by atoms with Crippen molar-refractivity contribution in [2.45, 2.75) is 13.8 Å². The summed E-state index contributed by atoms with van der Waals surface area (Å²) < 4.78 is 14.5. The third kappa shape index (κ3) is 6.57. The molecule has 0 bridgehead atoms. The number of anilines is 1. The van der Waals surface area contributed by atoms with Crippen LogP contribution in [0.3, 0.4) is 0 Å². The molecule has 2 aromatic carbocycles. The van der Waals surface area contributed by atoms with Crippen LogP contribution in [0.4, 0.5) is 22.1 Å². The van der Waals surface area contributed by atoms with E-state index < -0.39 is 10.9 Å². The minimum atomic E-state index is -0.566. The standard InChI is InChI=1S/C25H19N5O5S/c1-4-6-7-8-9-14-29(5-2)18-10-13-22(23(16-18)35-17-24(31)34-3)26-27-25-20-15-19(30(32)33)11-12-21(20)28-36-25/h10-13,15-16H,5,17H2,1-3H3/b27-26+. The summed E-state index contributed by atoms with van der Waals surface area (Å²) in [4.78, 5) is 24.0. The molecule has 1 heterocycles. The highest BCUT2D eigenvalue weighted by molar-refractivity contribution is 7.11. The summed E-state index contributed by atoms with van der Waals surface area (Å²) in [5.74, 6) is 13.0. The van der Waals surface area contributed by atoms with E-state index in [1.165, 1.54) is 19.2 Å². The molecule has 1 aromatic heterocycles. The van der Waals surface area contributed by atoms with E-state index >= 15 is 0 Å². The summed E-state index contributed by atoms with van der Waals surface area (Å²) in [7, 11) is 1.26. The van der Waals surface area contributed by atoms with Crippen molar-refractivity contribution in [1.82, 2.24) is 4.37 Å². The molecule has 0 aliphatic heterocycles. The van der Waals surface area contributed by atoms with Gasteiger partial charge in [0.2, 0.25) is 0 Å². The molecule has 0 aliphatic carbocycles. The zero-order valence-electron chi connectivity index (χ0n) is 19.6. The average Bonchev–Trinajstić information content (AvgIpc) is 3.30. The molecule has 0 saturated heterocycles. The lowest BCUT2D eigenvalue weighted by atomic mass is 10.2. The predicted molar refractivity (Wildman–Crippen MR) is 136 cm³/mol. The number of benzene rings is 2. The summed E-state index contributed by atoms with van der Waals surface area (Å²) in [6.45, 7) is 3.83. The van der Waals surface area contributed by atoms with Crippen molar-refractivity contribution >= 4 is 50.5 Å². The maximum absolute atomic E-state index is 11.7. The molecule has 0 spiro atoms. The Balaban J connectivity index is 1.96. The van der Waals surface area contributed by atoms with Gasteiger partial charge in [-0.1, -0.05) is 5.92 Å². The molecular weight excluding hydrogens is 482 g/mol. The maximum atomic E-state index is 11.7. The van der Waals surface area contributed by atoms with Crippen molar-refractivity contribution in [3.63, 3.8) is 0 Å². The van der Waals surface area contributed by atoms with Gasteiger partial charge in [-0.15, -0.1) is 10.2 Å². The largest absolute Gasteiger partial charge is 0.479 e. The summed E-state index contributed by atoms with van der Waals surface area (Å²) in [5, 5.41) is 20.5. The Hall–Kier alpha value is -4.92. The first-order valence-corrected chi connectivity index (χ1v) is 11.2. The van der Waals surface area contributed by atoms with Crippen molar-refractivity contribution in [1.29, 1.82) is 0 Å². The van der Waals surface area contributed by atoms with Gasteiger partial charge in [-0.2, -0.15) is 4.37 Å². The van der Waals surface area contributed by atoms with Gasteiger partial charge in [-0.25, -0.2) is 4.79 Å². The van der Waals surface area contributed by atoms with Crippen LogP contribution in [0.15, 0.2) is 46.6 Å². The number of rotatable bonds is 8. The van der Waals surface area contributed by atoms with Crippen LogP contribution in [-0.2, 0) is 9.53 Å². The van der Waals surface area contributed by atoms with Crippen molar-refractivity contribution in [2.75, 3.05) is 25.2 Å². The molecule has 0 N–H and O–H groups in total. The monoisotopic (exact) mass is 501 g/mol. The Labute approximate surface area is 211 Å². The molecule has 0 fully saturated rings. The fourth-order valence-electron chi connectivity index (χ4n) is 2.81. The van der Waals surface area contributed by atoms with Crippen LogP contribution in [0, 0.1) is 45.8 Å². The molecule has 10 nitrogen and oxygen atoms in total. The number of aromatic nitrogens is 1. The number of nitro benzene ring substituents is 1. The lowest BCUT2D eigenvalue weighted by molar-refractivity contribution is -0.384. The lowest BCUT2D eigenvalue weighted by Crippen LogP contribution is -2.16. The molecule has 11 heteroatoms. The van der Waals surface area contributed by atoms with Gasteiger partial charge >= 0.3 is 5.97 Å². The number of nitrogens with zero attached hydrogens (tertiary/aromatic N) is 5. The average molecular weight is 502 g/mol. The van der Waals surface area contributed by atoms with Gasteiger partial charge in [0.15, 0.2) is 11.6 Å². The first-order chi connectivity index (χ1) is 17.5. The smallest absolute Gasteiger partial charge is 0.343 e. The molecule has 3 aromatic rings. The molecule has 0 aliphatic rings. The molecule has 3 rings (SSSR count). The highest BCUT2D eigenvalue weighted by Crippen LogP contribution is 2.37. The maximum Gasteiger partial charge on any atom is 0.343 e. The van der Waals surface area contributed by atoms with Crippen molar-refractivity contribution < 1.29 is 19.2 Å². The highest BCUT2D eigenvalue weighted by Gasteiger charge is 2.14. The number of carbonyl (C=O) groups is 1. The number of nitro groups is 1. The summed E-state index contributed by atoms with van der Waals surface area (Å²) in [5.41, 5.74) is 1.52. The van der Waals surface area contributed by atoms with E-state index in [1.807, 2.05) is 6.92 Å². The van der Waals surface area contributed by atoms with Gasteiger partial charge in [-0.3, -0.25) is 10.1 Å². The molecule has 0 radical (unpaired) electrons. The Bertz CT molecular complexity index is 1510. The molecule has 0 amide bonds. The summed E-state index contributed by atoms with van der Waals surface area (Å²) in [6.07, 6.45) is 0. The first-order valence-electron chi connectivity index (χ1n) is 10.5. The predicted octanol–water partition coefficient (Wildman–Crippen LogP) is 4.99. The van der Waals surface area contributed by atoms with Crippen LogP contribution in [0.25, 0.3) is 10.9 Å². The van der Waals surface area contributed by atoms with Crippen molar-refractivity contribution in [3.8, 4) is 41.4 Å². The highest BCUT2D eigenvalue weighted by atomic mass is 32.1. The van der Waals surface area contributed by atoms with E-state index in [2.05, 4.69) is 55.0 Å². The Kier molecular flexibility index (Phi) is 8.94. The second-order valence-corrected chi connectivity index (χ2v) is 7.52. The van der Waals surface area contributed by atoms with Gasteiger partial charge in [0.25, 0.3) is 5.69 Å². The van der Waals surface area contributed by atoms with Gasteiger partial charge in [0, 0.05) is 48.0 Å². The summed E-state index contributed by atoms with van der Waals surface area (Å²) >= 11 is 1.06. The van der Waals surface area contributed by atoms with Crippen LogP contribution in [-0.4, -0.2) is 35.5 Å². The SMILES string of the molecule is CC#CC#CC#CN(CC)c1ccc(/N=N/c2snc3ccc([N+](=O)[O-])cc23)c(OCC(=O)OC)c1. The van der Waals surface area contributed by atoms with E-state index in [9.17, 15) is 14.9 Å². The lowest BCUT2D eigenvalue weighted by Gasteiger charge is -2.17. The number of non-ortho nitro benzene ring substituents is 1. The number of hydrogen-bond donors (Lipinski definition) is 0. The molecule has 0 saturated carbocycles. The number of carbonyl (C=O) groups excluding carboxylic acids is 1. The minimum Gasteiger partial charge on any atom is -0.479 e. The van der Waals surface area contributed by atoms with E-state index in [0.29, 0.717) is 33.8 Å². The fourth-order valence-corrected chi connectivity index (χ4v) is 3.50. The third-order valence-corrected chi connectivity index (χ3v) is 5.31. The molecule has 180 valence electrons. The van der Waals surface area contributed by atoms with Crippen LogP contribution in [0.5, 0.6) is 5.75 Å². The van der Waals surface area contributed by atoms with Crippen LogP contribution in [0.1, 0.15) is 13.8 Å². The van der Waals surface area contributed by atoms with Crippen LogP contribution >= 0.6 is 11.5 Å². The van der Waals surface area contributed by atoms with Gasteiger partial charge in [0.05, 0.1) is 23.2 Å². The second kappa shape index (κ2) is 12.5. The Morgan fingerprint density at radius 1 is 1.17 bits per heavy atom. The topological polar surface area (TPSA) is 120 Å². The van der Waals surface area contributed by atoms with Crippen molar-refractivity contribution in [3.05, 3.63) is 46.5 Å². The Morgan fingerprint density at radius 3 is 2.69 bits per heavy atom. The zero-order valence-corrected chi connectivity index (χ0v) is 20.4. The quantitative estimate of drug-likeness (QED) is 0.107. The number of hydrogen-bond acceptors (Lipinski definition) is 10. The summed E-state index contributed by atoms with van der Waals surface area (Å²) in [6, 6.07) is 12.4. The molecular formula is C25H19N5O5S. The second-order valence-electron chi connectivity index (χ2n) is 6.77. The van der Waals surface area contributed by atoms with Crippen LogP contribution < -0.4 is 9.64 Å². The van der Waals surface area contributed by atoms with E-state index in [4.69, 9.17) is 4.74 Å². The normalized spacial score (nSPS) is 9.86. The van der Waals surface area contributed by atoms with Gasteiger partial charge in [-0.05, 0) is 55.4 Å². The zero-order chi connectivity index (χ0) is 25.9. The first kappa shape index (κ1) is 25.7. The van der Waals surface area contributed by atoms with E-state index in [0.717, 1.165) is 11.5 Å². The van der Waals surface area contributed by atoms with E-state index in [1.54, 1.807) is 36.1 Å². The Morgan fingerprint density at radius 2 is 1.97 bits per heavy atom. The van der Waals surface area contributed by atoms with Gasteiger partial charge < -0.3 is 14.4 Å². The van der Waals surface area contributed by atoms with Crippen LogP contribution in [0.2, 0.25) is 0 Å². The fraction of sp³-hybridized carbons (Fsp3) is 0.200. The number of methoxy groups -OCH3 is 1.